The number of aromatic nitrogens is 3. The number of benzene rings is 1. The molecule has 3 aromatic rings. The van der Waals surface area contributed by atoms with Crippen LogP contribution in [0, 0.1) is 13.8 Å². The molecule has 0 atom stereocenters. The molecule has 0 aliphatic rings. The Balaban J connectivity index is 1.84. The van der Waals surface area contributed by atoms with Gasteiger partial charge in [0.2, 0.25) is 0 Å². The fourth-order valence-corrected chi connectivity index (χ4v) is 2.84. The zero-order valence-corrected chi connectivity index (χ0v) is 15.6. The second kappa shape index (κ2) is 8.01. The number of carbonyl (C=O) groups excluding carboxylic acids is 1. The fraction of sp³-hybridized carbons (Fsp3) is 0.250. The Bertz CT molecular complexity index is 1020. The summed E-state index contributed by atoms with van der Waals surface area (Å²) in [5, 5.41) is 7.20. The maximum absolute atomic E-state index is 12.7. The van der Waals surface area contributed by atoms with Crippen molar-refractivity contribution in [2.75, 3.05) is 19.0 Å². The molecule has 7 nitrogen and oxygen atoms in total. The minimum atomic E-state index is -0.274. The van der Waals surface area contributed by atoms with Gasteiger partial charge in [-0.3, -0.25) is 9.59 Å². The molecule has 140 valence electrons. The first-order chi connectivity index (χ1) is 13.0. The Morgan fingerprint density at radius 1 is 1.19 bits per heavy atom. The Hall–Kier alpha value is -3.19. The summed E-state index contributed by atoms with van der Waals surface area (Å²) in [6, 6.07) is 10.9. The Morgan fingerprint density at radius 2 is 1.96 bits per heavy atom. The van der Waals surface area contributed by atoms with Gasteiger partial charge in [0.15, 0.2) is 0 Å². The number of pyridine rings is 1. The molecule has 0 unspecified atom stereocenters. The maximum Gasteiger partial charge on any atom is 0.259 e. The standard InChI is InChI=1S/C20H22N4O3/c1-14-6-4-5-7-18(14)24-15(2)17(12-21-24)20(26)22-16-8-9-19(25)23(13-16)10-11-27-3/h4-9,12-13H,10-11H2,1-3H3,(H,22,26). The molecule has 0 saturated carbocycles. The molecule has 0 spiro atoms. The Labute approximate surface area is 157 Å². The van der Waals surface area contributed by atoms with Crippen LogP contribution in [0.15, 0.2) is 53.6 Å². The number of hydrogen-bond donors (Lipinski definition) is 1. The van der Waals surface area contributed by atoms with Crippen LogP contribution in [0.2, 0.25) is 0 Å². The lowest BCUT2D eigenvalue weighted by Gasteiger charge is -2.10. The highest BCUT2D eigenvalue weighted by Crippen LogP contribution is 2.18. The third kappa shape index (κ3) is 3.98. The number of hydrogen-bond acceptors (Lipinski definition) is 4. The first-order valence-corrected chi connectivity index (χ1v) is 8.62. The number of carbonyl (C=O) groups is 1. The largest absolute Gasteiger partial charge is 0.383 e. The van der Waals surface area contributed by atoms with Gasteiger partial charge < -0.3 is 14.6 Å². The molecule has 0 bridgehead atoms. The molecule has 0 aliphatic carbocycles. The molecule has 1 amide bonds. The van der Waals surface area contributed by atoms with E-state index < -0.39 is 0 Å². The van der Waals surface area contributed by atoms with E-state index in [9.17, 15) is 9.59 Å². The summed E-state index contributed by atoms with van der Waals surface area (Å²) in [5.41, 5.74) is 3.62. The highest BCUT2D eigenvalue weighted by atomic mass is 16.5. The Morgan fingerprint density at radius 3 is 2.70 bits per heavy atom. The van der Waals surface area contributed by atoms with Crippen molar-refractivity contribution in [3.05, 3.63) is 76.0 Å². The third-order valence-corrected chi connectivity index (χ3v) is 4.38. The lowest BCUT2D eigenvalue weighted by molar-refractivity contribution is 0.102. The number of nitrogens with zero attached hydrogens (tertiary/aromatic N) is 3. The van der Waals surface area contributed by atoms with Gasteiger partial charge in [-0.15, -0.1) is 0 Å². The molecule has 0 aliphatic heterocycles. The number of amides is 1. The van der Waals surface area contributed by atoms with Crippen LogP contribution in [0.1, 0.15) is 21.6 Å². The van der Waals surface area contributed by atoms with Crippen molar-refractivity contribution >= 4 is 11.6 Å². The highest BCUT2D eigenvalue weighted by molar-refractivity contribution is 6.04. The van der Waals surface area contributed by atoms with E-state index in [1.807, 2.05) is 38.1 Å². The highest BCUT2D eigenvalue weighted by Gasteiger charge is 2.16. The number of ether oxygens (including phenoxy) is 1. The molecule has 3 rings (SSSR count). The average molecular weight is 366 g/mol. The topological polar surface area (TPSA) is 78.2 Å². The van der Waals surface area contributed by atoms with Crippen molar-refractivity contribution in [2.45, 2.75) is 20.4 Å². The predicted molar refractivity (Wildman–Crippen MR) is 104 cm³/mol. The van der Waals surface area contributed by atoms with Crippen molar-refractivity contribution in [1.29, 1.82) is 0 Å². The minimum Gasteiger partial charge on any atom is -0.383 e. The molecule has 1 N–H and O–H groups in total. The van der Waals surface area contributed by atoms with Crippen molar-refractivity contribution in [3.63, 3.8) is 0 Å². The van der Waals surface area contributed by atoms with E-state index in [0.717, 1.165) is 16.9 Å². The third-order valence-electron chi connectivity index (χ3n) is 4.38. The van der Waals surface area contributed by atoms with Gasteiger partial charge in [-0.05, 0) is 31.5 Å². The molecular weight excluding hydrogens is 344 g/mol. The van der Waals surface area contributed by atoms with Gasteiger partial charge in [-0.1, -0.05) is 18.2 Å². The summed E-state index contributed by atoms with van der Waals surface area (Å²) in [4.78, 5) is 24.6. The van der Waals surface area contributed by atoms with Gasteiger partial charge in [-0.2, -0.15) is 5.10 Å². The summed E-state index contributed by atoms with van der Waals surface area (Å²) in [6.45, 7) is 4.69. The zero-order chi connectivity index (χ0) is 19.4. The Kier molecular flexibility index (Phi) is 5.52. The summed E-state index contributed by atoms with van der Waals surface area (Å²) in [6.07, 6.45) is 3.17. The van der Waals surface area contributed by atoms with Gasteiger partial charge in [0.25, 0.3) is 11.5 Å². The molecular formula is C20H22N4O3. The number of nitrogens with one attached hydrogen (secondary N) is 1. The molecule has 27 heavy (non-hydrogen) atoms. The van der Waals surface area contributed by atoms with E-state index in [1.54, 1.807) is 30.3 Å². The first-order valence-electron chi connectivity index (χ1n) is 8.62. The fourth-order valence-electron chi connectivity index (χ4n) is 2.84. The van der Waals surface area contributed by atoms with Crippen molar-refractivity contribution in [3.8, 4) is 5.69 Å². The van der Waals surface area contributed by atoms with Crippen LogP contribution in [0.5, 0.6) is 0 Å². The minimum absolute atomic E-state index is 0.145. The average Bonchev–Trinajstić information content (AvgIpc) is 3.04. The number of para-hydroxylation sites is 1. The van der Waals surface area contributed by atoms with Crippen LogP contribution in [-0.4, -0.2) is 34.0 Å². The van der Waals surface area contributed by atoms with Crippen LogP contribution in [0.25, 0.3) is 5.69 Å². The molecule has 0 saturated heterocycles. The zero-order valence-electron chi connectivity index (χ0n) is 15.6. The monoisotopic (exact) mass is 366 g/mol. The van der Waals surface area contributed by atoms with E-state index in [4.69, 9.17) is 4.74 Å². The summed E-state index contributed by atoms with van der Waals surface area (Å²) in [5.74, 6) is -0.274. The van der Waals surface area contributed by atoms with E-state index in [-0.39, 0.29) is 11.5 Å². The summed E-state index contributed by atoms with van der Waals surface area (Å²) < 4.78 is 8.26. The number of aryl methyl sites for hydroxylation is 1. The van der Waals surface area contributed by atoms with Gasteiger partial charge >= 0.3 is 0 Å². The van der Waals surface area contributed by atoms with Crippen molar-refractivity contribution in [2.24, 2.45) is 0 Å². The second-order valence-electron chi connectivity index (χ2n) is 6.24. The molecule has 2 aromatic heterocycles. The molecule has 2 heterocycles. The van der Waals surface area contributed by atoms with Crippen LogP contribution >= 0.6 is 0 Å². The van der Waals surface area contributed by atoms with E-state index in [0.29, 0.717) is 24.4 Å². The quantitative estimate of drug-likeness (QED) is 0.727. The maximum atomic E-state index is 12.7. The van der Waals surface area contributed by atoms with Crippen molar-refractivity contribution < 1.29 is 9.53 Å². The molecule has 1 aromatic carbocycles. The van der Waals surface area contributed by atoms with Crippen molar-refractivity contribution in [1.82, 2.24) is 14.3 Å². The van der Waals surface area contributed by atoms with Gasteiger partial charge in [0.05, 0.1) is 35.4 Å². The second-order valence-corrected chi connectivity index (χ2v) is 6.24. The smallest absolute Gasteiger partial charge is 0.259 e. The summed E-state index contributed by atoms with van der Waals surface area (Å²) >= 11 is 0. The van der Waals surface area contributed by atoms with Crippen LogP contribution in [-0.2, 0) is 11.3 Å². The van der Waals surface area contributed by atoms with Crippen LogP contribution in [0.4, 0.5) is 5.69 Å². The first kappa shape index (κ1) is 18.6. The SMILES string of the molecule is COCCn1cc(NC(=O)c2cnn(-c3ccccc3C)c2C)ccc1=O. The normalized spacial score (nSPS) is 10.8. The number of anilines is 1. The molecule has 7 heteroatoms. The van der Waals surface area contributed by atoms with Gasteiger partial charge in [0, 0.05) is 25.9 Å². The van der Waals surface area contributed by atoms with Crippen LogP contribution < -0.4 is 10.9 Å². The lowest BCUT2D eigenvalue weighted by Crippen LogP contribution is -2.22. The molecule has 0 fully saturated rings. The molecule has 0 radical (unpaired) electrons. The van der Waals surface area contributed by atoms with E-state index in [1.165, 1.54) is 10.6 Å². The van der Waals surface area contributed by atoms with E-state index in [2.05, 4.69) is 10.4 Å². The van der Waals surface area contributed by atoms with E-state index >= 15 is 0 Å². The van der Waals surface area contributed by atoms with Crippen LogP contribution in [0.3, 0.4) is 0 Å². The van der Waals surface area contributed by atoms with Gasteiger partial charge in [-0.25, -0.2) is 4.68 Å². The number of methoxy groups -OCH3 is 1. The lowest BCUT2D eigenvalue weighted by atomic mass is 10.2. The predicted octanol–water partition coefficient (Wildman–Crippen LogP) is 2.55. The number of rotatable bonds is 6. The summed E-state index contributed by atoms with van der Waals surface area (Å²) in [7, 11) is 1.57. The van der Waals surface area contributed by atoms with Gasteiger partial charge in [0.1, 0.15) is 0 Å².